The van der Waals surface area contributed by atoms with Crippen LogP contribution in [0.25, 0.3) is 0 Å². The van der Waals surface area contributed by atoms with E-state index in [-0.39, 0.29) is 19.1 Å². The Hall–Kier alpha value is -2.86. The van der Waals surface area contributed by atoms with E-state index in [1.807, 2.05) is 6.07 Å². The highest BCUT2D eigenvalue weighted by atomic mass is 16.5. The second-order valence-corrected chi connectivity index (χ2v) is 7.32. The van der Waals surface area contributed by atoms with E-state index < -0.39 is 0 Å². The van der Waals surface area contributed by atoms with Crippen LogP contribution in [-0.4, -0.2) is 48.1 Å². The number of amides is 1. The van der Waals surface area contributed by atoms with Crippen molar-refractivity contribution in [3.63, 3.8) is 0 Å². The molecule has 2 aliphatic heterocycles. The average molecular weight is 379 g/mol. The van der Waals surface area contributed by atoms with Crippen molar-refractivity contribution < 1.29 is 14.6 Å². The molecule has 0 aliphatic carbocycles. The monoisotopic (exact) mass is 379 g/mol. The average Bonchev–Trinajstić information content (AvgIpc) is 2.73. The molecular formula is C22H25N3O3. The lowest BCUT2D eigenvalue weighted by molar-refractivity contribution is -0.118. The van der Waals surface area contributed by atoms with Crippen molar-refractivity contribution in [3.8, 4) is 5.75 Å². The summed E-state index contributed by atoms with van der Waals surface area (Å²) in [7, 11) is 0. The molecule has 6 nitrogen and oxygen atoms in total. The highest BCUT2D eigenvalue weighted by molar-refractivity contribution is 5.96. The van der Waals surface area contributed by atoms with E-state index in [0.29, 0.717) is 28.9 Å². The van der Waals surface area contributed by atoms with Gasteiger partial charge in [0.05, 0.1) is 11.4 Å². The lowest BCUT2D eigenvalue weighted by Crippen LogP contribution is -2.40. The second-order valence-electron chi connectivity index (χ2n) is 7.32. The first-order valence-corrected chi connectivity index (χ1v) is 9.75. The Balaban J connectivity index is 1.40. The summed E-state index contributed by atoms with van der Waals surface area (Å²) in [6.45, 7) is 1.71. The fourth-order valence-corrected chi connectivity index (χ4v) is 3.83. The van der Waals surface area contributed by atoms with Crippen LogP contribution in [0.5, 0.6) is 5.75 Å². The minimum atomic E-state index is -0.154. The molecule has 2 aromatic rings. The van der Waals surface area contributed by atoms with E-state index in [0.717, 1.165) is 32.4 Å². The normalized spacial score (nSPS) is 17.7. The van der Waals surface area contributed by atoms with Crippen molar-refractivity contribution in [2.75, 3.05) is 31.6 Å². The zero-order chi connectivity index (χ0) is 19.3. The number of amidine groups is 1. The Bertz CT molecular complexity index is 859. The number of aliphatic hydroxyl groups excluding tert-OH is 1. The SMILES string of the molecule is O=C1COc2cc(N=C(CO)N3CCC(Cc4ccccc4)CC3)ccc2N1. The zero-order valence-corrected chi connectivity index (χ0v) is 15.8. The maximum atomic E-state index is 11.4. The Morgan fingerprint density at radius 2 is 1.96 bits per heavy atom. The number of fused-ring (bicyclic) bond motifs is 1. The third kappa shape index (κ3) is 4.34. The number of rotatable bonds is 4. The van der Waals surface area contributed by atoms with Gasteiger partial charge in [-0.05, 0) is 42.9 Å². The molecule has 2 aromatic carbocycles. The fraction of sp³-hybridized carbons (Fsp3) is 0.364. The maximum Gasteiger partial charge on any atom is 0.262 e. The molecular weight excluding hydrogens is 354 g/mol. The van der Waals surface area contributed by atoms with Crippen molar-refractivity contribution in [1.29, 1.82) is 0 Å². The lowest BCUT2D eigenvalue weighted by Gasteiger charge is -2.34. The standard InChI is InChI=1S/C22H25N3O3/c26-14-21(23-18-6-7-19-20(13-18)28-15-22(27)24-19)25-10-8-17(9-11-25)12-16-4-2-1-3-5-16/h1-7,13,17,26H,8-12,14-15H2,(H,24,27). The van der Waals surface area contributed by atoms with E-state index in [2.05, 4.69) is 45.5 Å². The van der Waals surface area contributed by atoms with Crippen LogP contribution < -0.4 is 10.1 Å². The molecule has 0 spiro atoms. The van der Waals surface area contributed by atoms with E-state index >= 15 is 0 Å². The number of nitrogens with zero attached hydrogens (tertiary/aromatic N) is 2. The summed E-state index contributed by atoms with van der Waals surface area (Å²) in [4.78, 5) is 18.2. The summed E-state index contributed by atoms with van der Waals surface area (Å²) < 4.78 is 5.45. The molecule has 2 N–H and O–H groups in total. The Morgan fingerprint density at radius 1 is 1.18 bits per heavy atom. The predicted molar refractivity (Wildman–Crippen MR) is 109 cm³/mol. The molecule has 0 aromatic heterocycles. The van der Waals surface area contributed by atoms with Crippen LogP contribution in [0.1, 0.15) is 18.4 Å². The van der Waals surface area contributed by atoms with Gasteiger partial charge in [0, 0.05) is 19.2 Å². The van der Waals surface area contributed by atoms with E-state index in [1.54, 1.807) is 12.1 Å². The number of ether oxygens (including phenoxy) is 1. The fourth-order valence-electron chi connectivity index (χ4n) is 3.83. The minimum absolute atomic E-state index is 0.0158. The molecule has 0 atom stereocenters. The predicted octanol–water partition coefficient (Wildman–Crippen LogP) is 2.99. The van der Waals surface area contributed by atoms with Gasteiger partial charge >= 0.3 is 0 Å². The third-order valence-electron chi connectivity index (χ3n) is 5.34. The summed E-state index contributed by atoms with van der Waals surface area (Å²) in [5, 5.41) is 12.6. The van der Waals surface area contributed by atoms with Crippen molar-refractivity contribution in [1.82, 2.24) is 4.90 Å². The molecule has 6 heteroatoms. The van der Waals surface area contributed by atoms with Crippen molar-refractivity contribution >= 4 is 23.1 Å². The third-order valence-corrected chi connectivity index (χ3v) is 5.34. The van der Waals surface area contributed by atoms with Crippen molar-refractivity contribution in [2.45, 2.75) is 19.3 Å². The molecule has 1 saturated heterocycles. The number of hydrogen-bond donors (Lipinski definition) is 2. The summed E-state index contributed by atoms with van der Waals surface area (Å²) in [5.74, 6) is 1.80. The number of piperidine rings is 1. The van der Waals surface area contributed by atoms with Gasteiger partial charge in [-0.15, -0.1) is 0 Å². The van der Waals surface area contributed by atoms with E-state index in [4.69, 9.17) is 4.74 Å². The number of aliphatic imine (C=N–C) groups is 1. The topological polar surface area (TPSA) is 74.2 Å². The molecule has 1 amide bonds. The van der Waals surface area contributed by atoms with Crippen LogP contribution in [-0.2, 0) is 11.2 Å². The molecule has 0 unspecified atom stereocenters. The molecule has 0 bridgehead atoms. The molecule has 28 heavy (non-hydrogen) atoms. The number of carbonyl (C=O) groups is 1. The first kappa shape index (κ1) is 18.5. The van der Waals surface area contributed by atoms with Crippen LogP contribution in [0.3, 0.4) is 0 Å². The van der Waals surface area contributed by atoms with Crippen LogP contribution >= 0.6 is 0 Å². The maximum absolute atomic E-state index is 11.4. The van der Waals surface area contributed by atoms with Crippen LogP contribution in [0, 0.1) is 5.92 Å². The van der Waals surface area contributed by atoms with Gasteiger partial charge in [-0.1, -0.05) is 30.3 Å². The van der Waals surface area contributed by atoms with Gasteiger partial charge in [0.25, 0.3) is 5.91 Å². The first-order valence-electron chi connectivity index (χ1n) is 9.75. The van der Waals surface area contributed by atoms with E-state index in [9.17, 15) is 9.90 Å². The number of anilines is 1. The van der Waals surface area contributed by atoms with Gasteiger partial charge < -0.3 is 20.1 Å². The highest BCUT2D eigenvalue weighted by Gasteiger charge is 2.22. The minimum Gasteiger partial charge on any atom is -0.482 e. The Labute approximate surface area is 164 Å². The Kier molecular flexibility index (Phi) is 5.58. The van der Waals surface area contributed by atoms with Crippen LogP contribution in [0.15, 0.2) is 53.5 Å². The largest absolute Gasteiger partial charge is 0.482 e. The molecule has 2 heterocycles. The number of hydrogen-bond acceptors (Lipinski definition) is 4. The summed E-state index contributed by atoms with van der Waals surface area (Å²) in [6.07, 6.45) is 3.29. The number of benzene rings is 2. The lowest BCUT2D eigenvalue weighted by atomic mass is 9.90. The summed E-state index contributed by atoms with van der Waals surface area (Å²) in [5.41, 5.74) is 2.76. The van der Waals surface area contributed by atoms with Gasteiger partial charge in [-0.3, -0.25) is 4.79 Å². The van der Waals surface area contributed by atoms with Gasteiger partial charge in [0.2, 0.25) is 0 Å². The number of carbonyl (C=O) groups excluding carboxylic acids is 1. The zero-order valence-electron chi connectivity index (χ0n) is 15.8. The highest BCUT2D eigenvalue weighted by Crippen LogP contribution is 2.32. The van der Waals surface area contributed by atoms with Gasteiger partial charge in [0.15, 0.2) is 6.61 Å². The summed E-state index contributed by atoms with van der Waals surface area (Å²) in [6, 6.07) is 16.0. The molecule has 0 radical (unpaired) electrons. The number of likely N-dealkylation sites (tertiary alicyclic amines) is 1. The number of aliphatic hydroxyl groups is 1. The van der Waals surface area contributed by atoms with Gasteiger partial charge in [0.1, 0.15) is 18.2 Å². The van der Waals surface area contributed by atoms with Crippen LogP contribution in [0.2, 0.25) is 0 Å². The molecule has 1 fully saturated rings. The van der Waals surface area contributed by atoms with Gasteiger partial charge in [-0.2, -0.15) is 0 Å². The van der Waals surface area contributed by atoms with Crippen LogP contribution in [0.4, 0.5) is 11.4 Å². The molecule has 146 valence electrons. The van der Waals surface area contributed by atoms with Crippen molar-refractivity contribution in [3.05, 3.63) is 54.1 Å². The first-order chi connectivity index (χ1) is 13.7. The second kappa shape index (κ2) is 8.44. The molecule has 2 aliphatic rings. The quantitative estimate of drug-likeness (QED) is 0.633. The van der Waals surface area contributed by atoms with E-state index in [1.165, 1.54) is 5.56 Å². The molecule has 4 rings (SSSR count). The smallest absolute Gasteiger partial charge is 0.262 e. The van der Waals surface area contributed by atoms with Gasteiger partial charge in [-0.25, -0.2) is 4.99 Å². The summed E-state index contributed by atoms with van der Waals surface area (Å²) >= 11 is 0. The Morgan fingerprint density at radius 3 is 2.71 bits per heavy atom. The molecule has 0 saturated carbocycles. The van der Waals surface area contributed by atoms with Crippen molar-refractivity contribution in [2.24, 2.45) is 10.9 Å². The number of nitrogens with one attached hydrogen (secondary N) is 1.